The monoisotopic (exact) mass is 292 g/mol. The number of unbranched alkanes of at least 4 members (excludes halogenated alkanes) is 1. The summed E-state index contributed by atoms with van der Waals surface area (Å²) in [6.45, 7) is 3.20. The lowest BCUT2D eigenvalue weighted by atomic mass is 10.2. The number of benzene rings is 1. The van der Waals surface area contributed by atoms with Gasteiger partial charge in [-0.3, -0.25) is 9.59 Å². The Morgan fingerprint density at radius 3 is 2.48 bits per heavy atom. The maximum Gasteiger partial charge on any atom is 0.253 e. The van der Waals surface area contributed by atoms with E-state index in [-0.39, 0.29) is 11.8 Å². The molecular weight excluding hydrogens is 268 g/mol. The number of hydrogen-bond donors (Lipinski definition) is 1. The Kier molecular flexibility index (Phi) is 7.29. The van der Waals surface area contributed by atoms with Crippen LogP contribution in [-0.4, -0.2) is 44.0 Å². The number of rotatable bonds is 8. The molecule has 5 nitrogen and oxygen atoms in total. The zero-order chi connectivity index (χ0) is 15.7. The number of hydrogen-bond acceptors (Lipinski definition) is 3. The molecule has 0 aromatic heterocycles. The summed E-state index contributed by atoms with van der Waals surface area (Å²) in [4.78, 5) is 24.9. The molecule has 1 N–H and O–H groups in total. The summed E-state index contributed by atoms with van der Waals surface area (Å²) in [6.07, 6.45) is 2.41. The topological polar surface area (TPSA) is 58.6 Å². The fourth-order valence-electron chi connectivity index (χ4n) is 1.74. The van der Waals surface area contributed by atoms with Crippen molar-refractivity contribution in [3.63, 3.8) is 0 Å². The molecule has 1 aromatic carbocycles. The summed E-state index contributed by atoms with van der Waals surface area (Å²) in [5.74, 6) is 0.598. The molecule has 0 unspecified atom stereocenters. The van der Waals surface area contributed by atoms with Crippen molar-refractivity contribution in [2.24, 2.45) is 0 Å². The molecule has 0 aliphatic heterocycles. The van der Waals surface area contributed by atoms with Crippen LogP contribution in [0.3, 0.4) is 0 Å². The van der Waals surface area contributed by atoms with E-state index in [9.17, 15) is 9.59 Å². The van der Waals surface area contributed by atoms with Crippen LogP contribution in [0.1, 0.15) is 36.5 Å². The molecule has 0 saturated heterocycles. The highest BCUT2D eigenvalue weighted by Gasteiger charge is 2.12. The predicted octanol–water partition coefficient (Wildman–Crippen LogP) is 2.07. The number of carbonyl (C=O) groups is 2. The van der Waals surface area contributed by atoms with Gasteiger partial charge in [0.05, 0.1) is 6.61 Å². The van der Waals surface area contributed by atoms with Gasteiger partial charge >= 0.3 is 0 Å². The van der Waals surface area contributed by atoms with Gasteiger partial charge in [-0.05, 0) is 30.7 Å². The molecule has 0 radical (unpaired) electrons. The number of amides is 2. The molecule has 0 aliphatic rings. The minimum atomic E-state index is -0.0981. The first-order valence-corrected chi connectivity index (χ1v) is 7.27. The summed E-state index contributed by atoms with van der Waals surface area (Å²) in [6, 6.07) is 7.10. The smallest absolute Gasteiger partial charge is 0.253 e. The molecule has 0 saturated carbocycles. The van der Waals surface area contributed by atoms with Gasteiger partial charge in [0.2, 0.25) is 5.91 Å². The predicted molar refractivity (Wildman–Crippen MR) is 82.5 cm³/mol. The zero-order valence-electron chi connectivity index (χ0n) is 13.0. The average molecular weight is 292 g/mol. The Labute approximate surface area is 126 Å². The van der Waals surface area contributed by atoms with E-state index in [0.29, 0.717) is 25.1 Å². The van der Waals surface area contributed by atoms with Crippen molar-refractivity contribution in [1.82, 2.24) is 10.2 Å². The van der Waals surface area contributed by atoms with Crippen LogP contribution in [0.2, 0.25) is 0 Å². The van der Waals surface area contributed by atoms with Gasteiger partial charge < -0.3 is 15.0 Å². The molecule has 0 spiro atoms. The molecule has 0 bridgehead atoms. The van der Waals surface area contributed by atoms with Crippen LogP contribution in [-0.2, 0) is 4.79 Å². The fraction of sp³-hybridized carbons (Fsp3) is 0.500. The third-order valence-electron chi connectivity index (χ3n) is 3.17. The lowest BCUT2D eigenvalue weighted by Gasteiger charge is -2.17. The van der Waals surface area contributed by atoms with Crippen molar-refractivity contribution < 1.29 is 14.3 Å². The minimum Gasteiger partial charge on any atom is -0.494 e. The molecule has 1 rings (SSSR count). The molecule has 5 heteroatoms. The van der Waals surface area contributed by atoms with E-state index >= 15 is 0 Å². The molecule has 116 valence electrons. The zero-order valence-corrected chi connectivity index (χ0v) is 13.0. The Bertz CT molecular complexity index is 457. The van der Waals surface area contributed by atoms with Gasteiger partial charge in [-0.25, -0.2) is 0 Å². The van der Waals surface area contributed by atoms with Crippen molar-refractivity contribution >= 4 is 11.8 Å². The Balaban J connectivity index is 2.51. The normalized spacial score (nSPS) is 10.0. The quantitative estimate of drug-likeness (QED) is 0.746. The van der Waals surface area contributed by atoms with E-state index < -0.39 is 0 Å². The Morgan fingerprint density at radius 1 is 1.24 bits per heavy atom. The number of carbonyl (C=O) groups excluding carboxylic acids is 2. The number of ether oxygens (including phenoxy) is 1. The molecular formula is C16H24N2O3. The SMILES string of the molecule is CCCCOc1ccc(C(=O)N(C)CCC(=O)NC)cc1. The highest BCUT2D eigenvalue weighted by Crippen LogP contribution is 2.14. The van der Waals surface area contributed by atoms with Crippen LogP contribution >= 0.6 is 0 Å². The van der Waals surface area contributed by atoms with Crippen molar-refractivity contribution in [3.8, 4) is 5.75 Å². The van der Waals surface area contributed by atoms with Crippen molar-refractivity contribution in [3.05, 3.63) is 29.8 Å². The van der Waals surface area contributed by atoms with Crippen LogP contribution < -0.4 is 10.1 Å². The summed E-state index contributed by atoms with van der Waals surface area (Å²) in [5, 5.41) is 2.54. The van der Waals surface area contributed by atoms with E-state index in [2.05, 4.69) is 12.2 Å². The van der Waals surface area contributed by atoms with Gasteiger partial charge in [0.1, 0.15) is 5.75 Å². The lowest BCUT2D eigenvalue weighted by Crippen LogP contribution is -2.31. The first-order valence-electron chi connectivity index (χ1n) is 7.27. The van der Waals surface area contributed by atoms with Gasteiger partial charge in [-0.2, -0.15) is 0 Å². The second-order valence-corrected chi connectivity index (χ2v) is 4.88. The molecule has 0 heterocycles. The molecule has 0 aliphatic carbocycles. The number of nitrogens with zero attached hydrogens (tertiary/aromatic N) is 1. The van der Waals surface area contributed by atoms with Gasteiger partial charge in [0.25, 0.3) is 5.91 Å². The molecule has 0 fully saturated rings. The van der Waals surface area contributed by atoms with Crippen LogP contribution in [0, 0.1) is 0 Å². The van der Waals surface area contributed by atoms with Gasteiger partial charge in [0.15, 0.2) is 0 Å². The van der Waals surface area contributed by atoms with Crippen LogP contribution in [0.25, 0.3) is 0 Å². The first kappa shape index (κ1) is 17.0. The van der Waals surface area contributed by atoms with E-state index in [4.69, 9.17) is 4.74 Å². The summed E-state index contributed by atoms with van der Waals surface area (Å²) >= 11 is 0. The maximum atomic E-state index is 12.2. The largest absolute Gasteiger partial charge is 0.494 e. The summed E-state index contributed by atoms with van der Waals surface area (Å²) in [5.41, 5.74) is 0.595. The van der Waals surface area contributed by atoms with Crippen molar-refractivity contribution in [2.75, 3.05) is 27.2 Å². The van der Waals surface area contributed by atoms with Gasteiger partial charge in [-0.1, -0.05) is 13.3 Å². The van der Waals surface area contributed by atoms with Gasteiger partial charge in [0, 0.05) is 32.6 Å². The Morgan fingerprint density at radius 2 is 1.90 bits per heavy atom. The summed E-state index contributed by atoms with van der Waals surface area (Å²) in [7, 11) is 3.28. The Hall–Kier alpha value is -2.04. The van der Waals surface area contributed by atoms with Gasteiger partial charge in [-0.15, -0.1) is 0 Å². The van der Waals surface area contributed by atoms with E-state index in [1.807, 2.05) is 0 Å². The standard InChI is InChI=1S/C16H24N2O3/c1-4-5-12-21-14-8-6-13(7-9-14)16(20)18(3)11-10-15(19)17-2/h6-9H,4-5,10-12H2,1-3H3,(H,17,19). The third kappa shape index (κ3) is 5.85. The second kappa shape index (κ2) is 9.00. The van der Waals surface area contributed by atoms with Crippen molar-refractivity contribution in [1.29, 1.82) is 0 Å². The molecule has 0 atom stereocenters. The van der Waals surface area contributed by atoms with Crippen LogP contribution in [0.5, 0.6) is 5.75 Å². The fourth-order valence-corrected chi connectivity index (χ4v) is 1.74. The summed E-state index contributed by atoms with van der Waals surface area (Å²) < 4.78 is 5.56. The third-order valence-corrected chi connectivity index (χ3v) is 3.17. The second-order valence-electron chi connectivity index (χ2n) is 4.88. The molecule has 21 heavy (non-hydrogen) atoms. The average Bonchev–Trinajstić information content (AvgIpc) is 2.52. The minimum absolute atomic E-state index is 0.0747. The van der Waals surface area contributed by atoms with Crippen LogP contribution in [0.15, 0.2) is 24.3 Å². The first-order chi connectivity index (χ1) is 10.1. The highest BCUT2D eigenvalue weighted by atomic mass is 16.5. The lowest BCUT2D eigenvalue weighted by molar-refractivity contribution is -0.120. The van der Waals surface area contributed by atoms with E-state index in [0.717, 1.165) is 18.6 Å². The highest BCUT2D eigenvalue weighted by molar-refractivity contribution is 5.94. The van der Waals surface area contributed by atoms with Crippen molar-refractivity contribution in [2.45, 2.75) is 26.2 Å². The maximum absolute atomic E-state index is 12.2. The molecule has 2 amide bonds. The number of nitrogens with one attached hydrogen (secondary N) is 1. The van der Waals surface area contributed by atoms with E-state index in [1.54, 1.807) is 43.3 Å². The molecule has 1 aromatic rings. The van der Waals surface area contributed by atoms with E-state index in [1.165, 1.54) is 0 Å². The van der Waals surface area contributed by atoms with Crippen LogP contribution in [0.4, 0.5) is 0 Å².